The summed E-state index contributed by atoms with van der Waals surface area (Å²) >= 11 is 5.81. The van der Waals surface area contributed by atoms with Gasteiger partial charge in [-0.25, -0.2) is 0 Å². The smallest absolute Gasteiger partial charge is 0.0928 e. The minimum Gasteiger partial charge on any atom is -0.393 e. The summed E-state index contributed by atoms with van der Waals surface area (Å²) in [6, 6.07) is 7.57. The minimum absolute atomic E-state index is 0.218. The summed E-state index contributed by atoms with van der Waals surface area (Å²) in [5.74, 6) is 0. The van der Waals surface area contributed by atoms with E-state index in [4.69, 9.17) is 11.6 Å². The van der Waals surface area contributed by atoms with Crippen molar-refractivity contribution in [2.75, 3.05) is 6.61 Å². The number of benzene rings is 1. The summed E-state index contributed by atoms with van der Waals surface area (Å²) in [5, 5.41) is 20.5. The van der Waals surface area contributed by atoms with Crippen LogP contribution in [0.4, 0.5) is 0 Å². The second-order valence-electron chi connectivity index (χ2n) is 5.57. The molecule has 2 N–H and O–H groups in total. The molecule has 0 heterocycles. The van der Waals surface area contributed by atoms with Crippen molar-refractivity contribution in [1.82, 2.24) is 0 Å². The summed E-state index contributed by atoms with van der Waals surface area (Å²) in [4.78, 5) is 0. The van der Waals surface area contributed by atoms with Gasteiger partial charge in [0.1, 0.15) is 0 Å². The number of aliphatic hydroxyl groups excluding tert-OH is 1. The highest BCUT2D eigenvalue weighted by Gasteiger charge is 2.38. The van der Waals surface area contributed by atoms with Gasteiger partial charge in [0.05, 0.1) is 12.2 Å². The molecule has 0 aromatic heterocycles. The average Bonchev–Trinajstić information content (AvgIpc) is 2.26. The third-order valence-corrected chi connectivity index (χ3v) is 3.65. The van der Waals surface area contributed by atoms with Gasteiger partial charge in [-0.2, -0.15) is 0 Å². The maximum Gasteiger partial charge on any atom is 0.0928 e. The molecule has 1 atom stereocenters. The van der Waals surface area contributed by atoms with Gasteiger partial charge in [-0.05, 0) is 36.0 Å². The highest BCUT2D eigenvalue weighted by Crippen LogP contribution is 2.33. The lowest BCUT2D eigenvalue weighted by Gasteiger charge is -2.39. The molecule has 0 unspecified atom stereocenters. The molecule has 0 bridgehead atoms. The number of hydrogen-bond donors (Lipinski definition) is 2. The van der Waals surface area contributed by atoms with Crippen molar-refractivity contribution in [3.05, 3.63) is 34.9 Å². The molecule has 0 aliphatic rings. The second-order valence-corrected chi connectivity index (χ2v) is 6.00. The zero-order chi connectivity index (χ0) is 13.1. The molecule has 3 heteroatoms. The predicted octanol–water partition coefficient (Wildman–Crippen LogP) is 3.04. The molecule has 2 nitrogen and oxygen atoms in total. The van der Waals surface area contributed by atoms with Crippen LogP contribution in [-0.4, -0.2) is 22.4 Å². The van der Waals surface area contributed by atoms with Crippen molar-refractivity contribution < 1.29 is 10.2 Å². The zero-order valence-corrected chi connectivity index (χ0v) is 11.5. The zero-order valence-electron chi connectivity index (χ0n) is 10.7. The quantitative estimate of drug-likeness (QED) is 0.869. The molecule has 0 radical (unpaired) electrons. The van der Waals surface area contributed by atoms with Gasteiger partial charge in [-0.15, -0.1) is 0 Å². The van der Waals surface area contributed by atoms with Crippen LogP contribution in [-0.2, 0) is 6.42 Å². The van der Waals surface area contributed by atoms with E-state index in [1.165, 1.54) is 0 Å². The largest absolute Gasteiger partial charge is 0.393 e. The van der Waals surface area contributed by atoms with Crippen molar-refractivity contribution in [2.45, 2.75) is 39.2 Å². The van der Waals surface area contributed by atoms with Crippen LogP contribution in [0.1, 0.15) is 32.8 Å². The Kier molecular flexibility index (Phi) is 4.59. The molecule has 0 saturated carbocycles. The third kappa shape index (κ3) is 3.70. The molecule has 1 aromatic rings. The van der Waals surface area contributed by atoms with E-state index in [1.807, 2.05) is 45.0 Å². The molecule has 17 heavy (non-hydrogen) atoms. The average molecular weight is 257 g/mol. The van der Waals surface area contributed by atoms with E-state index < -0.39 is 5.60 Å². The van der Waals surface area contributed by atoms with Crippen molar-refractivity contribution in [3.8, 4) is 0 Å². The topological polar surface area (TPSA) is 40.5 Å². The summed E-state index contributed by atoms with van der Waals surface area (Å²) < 4.78 is 0. The van der Waals surface area contributed by atoms with Crippen LogP contribution in [0.15, 0.2) is 24.3 Å². The Labute approximate surface area is 108 Å². The van der Waals surface area contributed by atoms with Crippen LogP contribution in [0.5, 0.6) is 0 Å². The van der Waals surface area contributed by atoms with Crippen LogP contribution < -0.4 is 0 Å². The molecule has 0 fully saturated rings. The van der Waals surface area contributed by atoms with Crippen LogP contribution in [0.3, 0.4) is 0 Å². The normalized spacial score (nSPS) is 15.6. The van der Waals surface area contributed by atoms with Crippen LogP contribution in [0, 0.1) is 5.41 Å². The maximum atomic E-state index is 10.4. The number of rotatable bonds is 4. The molecule has 0 saturated heterocycles. The number of hydrogen-bond acceptors (Lipinski definition) is 2. The van der Waals surface area contributed by atoms with Gasteiger partial charge in [0.15, 0.2) is 0 Å². The Morgan fingerprint density at radius 3 is 2.06 bits per heavy atom. The van der Waals surface area contributed by atoms with E-state index in [2.05, 4.69) is 0 Å². The highest BCUT2D eigenvalue weighted by atomic mass is 35.5. The first-order valence-corrected chi connectivity index (χ1v) is 6.24. The lowest BCUT2D eigenvalue weighted by Crippen LogP contribution is -2.46. The molecule has 96 valence electrons. The predicted molar refractivity (Wildman–Crippen MR) is 71.3 cm³/mol. The summed E-state index contributed by atoms with van der Waals surface area (Å²) in [7, 11) is 0. The highest BCUT2D eigenvalue weighted by molar-refractivity contribution is 6.30. The molecule has 0 aliphatic carbocycles. The van der Waals surface area contributed by atoms with E-state index in [0.717, 1.165) is 12.0 Å². The van der Waals surface area contributed by atoms with Crippen molar-refractivity contribution in [2.24, 2.45) is 5.41 Å². The van der Waals surface area contributed by atoms with E-state index in [9.17, 15) is 10.2 Å². The number of halogens is 1. The lowest BCUT2D eigenvalue weighted by molar-refractivity contribution is -0.0997. The van der Waals surface area contributed by atoms with Crippen LogP contribution in [0.25, 0.3) is 0 Å². The molecular weight excluding hydrogens is 236 g/mol. The van der Waals surface area contributed by atoms with Crippen LogP contribution in [0.2, 0.25) is 5.02 Å². The fraction of sp³-hybridized carbons (Fsp3) is 0.571. The van der Waals surface area contributed by atoms with Gasteiger partial charge in [0, 0.05) is 5.02 Å². The monoisotopic (exact) mass is 256 g/mol. The SMILES string of the molecule is CC(C)(C)[C@@](O)(CO)CCc1ccc(Cl)cc1. The first-order chi connectivity index (χ1) is 7.78. The van der Waals surface area contributed by atoms with Crippen LogP contribution >= 0.6 is 11.6 Å². The van der Waals surface area contributed by atoms with Gasteiger partial charge >= 0.3 is 0 Å². The fourth-order valence-corrected chi connectivity index (χ4v) is 1.82. The summed E-state index contributed by atoms with van der Waals surface area (Å²) in [5.41, 5.74) is -0.272. The van der Waals surface area contributed by atoms with E-state index in [-0.39, 0.29) is 12.0 Å². The standard InChI is InChI=1S/C14H21ClO2/c1-13(2,3)14(17,10-16)9-8-11-4-6-12(15)7-5-11/h4-7,16-17H,8-10H2,1-3H3/t14-/m0/s1. The Bertz CT molecular complexity index is 353. The molecule has 0 aliphatic heterocycles. The fourth-order valence-electron chi connectivity index (χ4n) is 1.69. The minimum atomic E-state index is -1.05. The van der Waals surface area contributed by atoms with E-state index >= 15 is 0 Å². The third-order valence-electron chi connectivity index (χ3n) is 3.40. The second kappa shape index (κ2) is 5.38. The molecular formula is C14H21ClO2. The number of aliphatic hydroxyl groups is 2. The van der Waals surface area contributed by atoms with Crippen molar-refractivity contribution >= 4 is 11.6 Å². The van der Waals surface area contributed by atoms with Gasteiger partial charge < -0.3 is 10.2 Å². The molecule has 1 aromatic carbocycles. The molecule has 0 amide bonds. The molecule has 0 spiro atoms. The number of aryl methyl sites for hydroxylation is 1. The Balaban J connectivity index is 2.68. The van der Waals surface area contributed by atoms with Crippen molar-refractivity contribution in [1.29, 1.82) is 0 Å². The van der Waals surface area contributed by atoms with E-state index in [1.54, 1.807) is 0 Å². The van der Waals surface area contributed by atoms with Gasteiger partial charge in [-0.1, -0.05) is 44.5 Å². The Hall–Kier alpha value is -0.570. The Morgan fingerprint density at radius 2 is 1.65 bits per heavy atom. The first-order valence-electron chi connectivity index (χ1n) is 5.86. The lowest BCUT2D eigenvalue weighted by atomic mass is 9.74. The Morgan fingerprint density at radius 1 is 1.12 bits per heavy atom. The maximum absolute atomic E-state index is 10.4. The van der Waals surface area contributed by atoms with E-state index in [0.29, 0.717) is 11.4 Å². The first kappa shape index (κ1) is 14.5. The summed E-state index contributed by atoms with van der Waals surface area (Å²) in [6.07, 6.45) is 1.26. The van der Waals surface area contributed by atoms with Gasteiger partial charge in [-0.3, -0.25) is 0 Å². The van der Waals surface area contributed by atoms with Gasteiger partial charge in [0.25, 0.3) is 0 Å². The molecule has 1 rings (SSSR count). The van der Waals surface area contributed by atoms with Gasteiger partial charge in [0.2, 0.25) is 0 Å². The van der Waals surface area contributed by atoms with Crippen molar-refractivity contribution in [3.63, 3.8) is 0 Å². The summed E-state index contributed by atoms with van der Waals surface area (Å²) in [6.45, 7) is 5.59.